The molecule has 2 aromatic carbocycles. The molecule has 0 unspecified atom stereocenters. The number of carbonyl (C=O) groups excluding carboxylic acids is 2. The van der Waals surface area contributed by atoms with Gasteiger partial charge in [-0.15, -0.1) is 0 Å². The van der Waals surface area contributed by atoms with Crippen molar-refractivity contribution >= 4 is 57.9 Å². The molecule has 2 heterocycles. The van der Waals surface area contributed by atoms with Crippen molar-refractivity contribution in [2.45, 2.75) is 6.92 Å². The van der Waals surface area contributed by atoms with Gasteiger partial charge in [-0.05, 0) is 66.7 Å². The summed E-state index contributed by atoms with van der Waals surface area (Å²) in [7, 11) is 0. The van der Waals surface area contributed by atoms with Crippen molar-refractivity contribution in [1.82, 2.24) is 0 Å². The molecule has 0 aliphatic carbocycles. The summed E-state index contributed by atoms with van der Waals surface area (Å²) >= 11 is 13.1. The van der Waals surface area contributed by atoms with Crippen molar-refractivity contribution in [3.8, 4) is 11.3 Å². The Morgan fingerprint density at radius 3 is 2.64 bits per heavy atom. The van der Waals surface area contributed by atoms with Crippen molar-refractivity contribution in [3.05, 3.63) is 80.9 Å². The molecule has 1 aliphatic heterocycles. The number of hydrogen-bond acceptors (Lipinski definition) is 4. The largest absolute Gasteiger partial charge is 0.457 e. The fourth-order valence-corrected chi connectivity index (χ4v) is 4.05. The average Bonchev–Trinajstić information content (AvgIpc) is 3.22. The first kappa shape index (κ1) is 18.9. The number of thioether (sulfide) groups is 1. The van der Waals surface area contributed by atoms with E-state index in [1.54, 1.807) is 48.5 Å². The van der Waals surface area contributed by atoms with Gasteiger partial charge in [0.25, 0.3) is 11.1 Å². The number of anilines is 1. The molecule has 7 heteroatoms. The first-order valence-electron chi connectivity index (χ1n) is 8.32. The maximum atomic E-state index is 12.7. The van der Waals surface area contributed by atoms with Crippen LogP contribution in [0.15, 0.2) is 63.9 Å². The minimum Gasteiger partial charge on any atom is -0.457 e. The summed E-state index contributed by atoms with van der Waals surface area (Å²) in [6.45, 7) is 1.91. The molecule has 4 nitrogen and oxygen atoms in total. The van der Waals surface area contributed by atoms with Crippen molar-refractivity contribution in [1.29, 1.82) is 0 Å². The second kappa shape index (κ2) is 7.51. The van der Waals surface area contributed by atoms with E-state index in [1.807, 2.05) is 19.1 Å². The summed E-state index contributed by atoms with van der Waals surface area (Å²) in [5.41, 5.74) is 2.17. The molecule has 2 amide bonds. The van der Waals surface area contributed by atoms with Crippen LogP contribution in [0, 0.1) is 6.92 Å². The van der Waals surface area contributed by atoms with Crippen molar-refractivity contribution in [2.24, 2.45) is 0 Å². The van der Waals surface area contributed by atoms with Gasteiger partial charge >= 0.3 is 0 Å². The minimum absolute atomic E-state index is 0.296. The quantitative estimate of drug-likeness (QED) is 0.429. The van der Waals surface area contributed by atoms with Gasteiger partial charge < -0.3 is 4.42 Å². The Kier molecular flexibility index (Phi) is 5.06. The molecule has 1 aromatic heterocycles. The summed E-state index contributed by atoms with van der Waals surface area (Å²) in [5.74, 6) is 0.594. The van der Waals surface area contributed by atoms with Gasteiger partial charge in [-0.3, -0.25) is 9.59 Å². The van der Waals surface area contributed by atoms with E-state index in [1.165, 1.54) is 4.90 Å². The number of carbonyl (C=O) groups is 2. The molecule has 0 atom stereocenters. The van der Waals surface area contributed by atoms with Crippen molar-refractivity contribution in [2.75, 3.05) is 4.90 Å². The number of rotatable bonds is 3. The van der Waals surface area contributed by atoms with Crippen LogP contribution in [0.4, 0.5) is 10.5 Å². The van der Waals surface area contributed by atoms with E-state index >= 15 is 0 Å². The maximum Gasteiger partial charge on any atom is 0.298 e. The molecule has 0 radical (unpaired) electrons. The Hall–Kier alpha value is -2.47. The zero-order valence-corrected chi connectivity index (χ0v) is 16.9. The van der Waals surface area contributed by atoms with Gasteiger partial charge in [0.1, 0.15) is 11.5 Å². The topological polar surface area (TPSA) is 50.5 Å². The average molecular weight is 430 g/mol. The highest BCUT2D eigenvalue weighted by Crippen LogP contribution is 2.37. The predicted molar refractivity (Wildman–Crippen MR) is 114 cm³/mol. The predicted octanol–water partition coefficient (Wildman–Crippen LogP) is 6.80. The minimum atomic E-state index is -0.376. The molecule has 140 valence electrons. The monoisotopic (exact) mass is 429 g/mol. The number of amides is 2. The van der Waals surface area contributed by atoms with E-state index in [0.717, 1.165) is 17.3 Å². The Morgan fingerprint density at radius 1 is 1.04 bits per heavy atom. The molecular weight excluding hydrogens is 417 g/mol. The van der Waals surface area contributed by atoms with E-state index in [2.05, 4.69) is 0 Å². The van der Waals surface area contributed by atoms with E-state index in [4.69, 9.17) is 27.6 Å². The first-order chi connectivity index (χ1) is 13.4. The first-order valence-corrected chi connectivity index (χ1v) is 9.89. The van der Waals surface area contributed by atoms with Crippen LogP contribution in [0.3, 0.4) is 0 Å². The molecular formula is C21H13Cl2NO3S. The molecule has 0 bridgehead atoms. The lowest BCUT2D eigenvalue weighted by atomic mass is 10.2. The van der Waals surface area contributed by atoms with Gasteiger partial charge in [0, 0.05) is 16.7 Å². The second-order valence-corrected chi connectivity index (χ2v) is 8.02. The van der Waals surface area contributed by atoms with Crippen LogP contribution in [-0.4, -0.2) is 11.1 Å². The lowest BCUT2D eigenvalue weighted by Crippen LogP contribution is -2.27. The van der Waals surface area contributed by atoms with Gasteiger partial charge in [-0.2, -0.15) is 0 Å². The molecule has 28 heavy (non-hydrogen) atoms. The molecule has 1 aliphatic rings. The fourth-order valence-electron chi connectivity index (χ4n) is 2.85. The number of nitrogens with zero attached hydrogens (tertiary/aromatic N) is 1. The summed E-state index contributed by atoms with van der Waals surface area (Å²) in [4.78, 5) is 26.6. The Morgan fingerprint density at radius 2 is 1.86 bits per heavy atom. The van der Waals surface area contributed by atoms with E-state index in [9.17, 15) is 9.59 Å². The standard InChI is InChI=1S/C21H13Cl2NO3S/c1-12-3-2-4-14(9-12)24-20(25)19(28-21(24)26)11-15-6-8-18(27-15)16-10-13(22)5-7-17(16)23/h2-11H,1H3/b19-11-. The van der Waals surface area contributed by atoms with Crippen LogP contribution in [0.2, 0.25) is 10.0 Å². The highest BCUT2D eigenvalue weighted by molar-refractivity contribution is 8.19. The fraction of sp³-hybridized carbons (Fsp3) is 0.0476. The molecule has 0 saturated carbocycles. The molecule has 0 spiro atoms. The van der Waals surface area contributed by atoms with Gasteiger partial charge in [0.2, 0.25) is 0 Å². The van der Waals surface area contributed by atoms with Crippen LogP contribution in [0.1, 0.15) is 11.3 Å². The number of furan rings is 1. The third-order valence-electron chi connectivity index (χ3n) is 4.15. The molecule has 3 aromatic rings. The summed E-state index contributed by atoms with van der Waals surface area (Å²) in [5, 5.41) is 0.702. The van der Waals surface area contributed by atoms with Gasteiger partial charge in [0.15, 0.2) is 0 Å². The summed E-state index contributed by atoms with van der Waals surface area (Å²) < 4.78 is 5.80. The van der Waals surface area contributed by atoms with E-state index < -0.39 is 0 Å². The number of hydrogen-bond donors (Lipinski definition) is 0. The van der Waals surface area contributed by atoms with Gasteiger partial charge in [0.05, 0.1) is 15.6 Å². The highest BCUT2D eigenvalue weighted by atomic mass is 35.5. The van der Waals surface area contributed by atoms with Gasteiger partial charge in [-0.25, -0.2) is 4.90 Å². The third-order valence-corrected chi connectivity index (χ3v) is 5.58. The van der Waals surface area contributed by atoms with Crippen LogP contribution in [0.5, 0.6) is 0 Å². The Labute approximate surface area is 175 Å². The molecule has 0 N–H and O–H groups in total. The van der Waals surface area contributed by atoms with Crippen molar-refractivity contribution < 1.29 is 14.0 Å². The van der Waals surface area contributed by atoms with Crippen LogP contribution < -0.4 is 4.90 Å². The van der Waals surface area contributed by atoms with Gasteiger partial charge in [-0.1, -0.05) is 35.3 Å². The Bertz CT molecular complexity index is 1140. The molecule has 1 saturated heterocycles. The number of aryl methyl sites for hydroxylation is 1. The van der Waals surface area contributed by atoms with Crippen LogP contribution >= 0.6 is 35.0 Å². The molecule has 1 fully saturated rings. The zero-order valence-electron chi connectivity index (χ0n) is 14.6. The highest BCUT2D eigenvalue weighted by Gasteiger charge is 2.36. The van der Waals surface area contributed by atoms with E-state index in [-0.39, 0.29) is 11.1 Å². The summed E-state index contributed by atoms with van der Waals surface area (Å²) in [6, 6.07) is 15.8. The van der Waals surface area contributed by atoms with Crippen LogP contribution in [0.25, 0.3) is 17.4 Å². The lowest BCUT2D eigenvalue weighted by molar-refractivity contribution is -0.113. The SMILES string of the molecule is Cc1cccc(N2C(=O)S/C(=C\c3ccc(-c4cc(Cl)ccc4Cl)o3)C2=O)c1. The number of benzene rings is 2. The Balaban J connectivity index is 1.64. The maximum absolute atomic E-state index is 12.7. The summed E-state index contributed by atoms with van der Waals surface area (Å²) in [6.07, 6.45) is 1.56. The number of halogens is 2. The number of imide groups is 1. The zero-order chi connectivity index (χ0) is 19.8. The molecule has 4 rings (SSSR count). The third kappa shape index (κ3) is 3.61. The van der Waals surface area contributed by atoms with Crippen LogP contribution in [-0.2, 0) is 4.79 Å². The van der Waals surface area contributed by atoms with E-state index in [0.29, 0.717) is 37.7 Å². The second-order valence-electron chi connectivity index (χ2n) is 6.18. The normalized spacial score (nSPS) is 15.7. The lowest BCUT2D eigenvalue weighted by Gasteiger charge is -2.12. The van der Waals surface area contributed by atoms with Crippen molar-refractivity contribution in [3.63, 3.8) is 0 Å². The smallest absolute Gasteiger partial charge is 0.298 e.